The van der Waals surface area contributed by atoms with Crippen molar-refractivity contribution < 1.29 is 19.1 Å². The van der Waals surface area contributed by atoms with Crippen LogP contribution in [0, 0.1) is 6.92 Å². The van der Waals surface area contributed by atoms with Crippen LogP contribution in [-0.4, -0.2) is 25.0 Å². The smallest absolute Gasteiger partial charge is 0.262 e. The third-order valence-corrected chi connectivity index (χ3v) is 3.26. The summed E-state index contributed by atoms with van der Waals surface area (Å²) in [5.74, 6) is 0.725. The first-order valence-corrected chi connectivity index (χ1v) is 7.16. The van der Waals surface area contributed by atoms with Crippen molar-refractivity contribution in [1.82, 2.24) is 0 Å². The number of carbonyl (C=O) groups is 2. The predicted octanol–water partition coefficient (Wildman–Crippen LogP) is 2.34. The second kappa shape index (κ2) is 6.39. The summed E-state index contributed by atoms with van der Waals surface area (Å²) in [5.41, 5.74) is 2.17. The minimum atomic E-state index is -0.283. The molecule has 0 radical (unpaired) electrons. The first-order valence-electron chi connectivity index (χ1n) is 7.16. The van der Waals surface area contributed by atoms with Crippen molar-refractivity contribution in [1.29, 1.82) is 0 Å². The largest absolute Gasteiger partial charge is 0.484 e. The molecule has 0 saturated heterocycles. The first-order chi connectivity index (χ1) is 11.1. The topological polar surface area (TPSA) is 76.7 Å². The van der Waals surface area contributed by atoms with E-state index in [1.807, 2.05) is 25.1 Å². The number of rotatable bonds is 4. The molecule has 1 heterocycles. The highest BCUT2D eigenvalue weighted by molar-refractivity contribution is 5.97. The van der Waals surface area contributed by atoms with Crippen LogP contribution in [0.1, 0.15) is 5.56 Å². The maximum Gasteiger partial charge on any atom is 0.262 e. The number of nitrogens with one attached hydrogen (secondary N) is 2. The molecule has 2 aromatic rings. The van der Waals surface area contributed by atoms with E-state index in [9.17, 15) is 9.59 Å². The number of ether oxygens (including phenoxy) is 2. The molecule has 0 aliphatic carbocycles. The van der Waals surface area contributed by atoms with Crippen molar-refractivity contribution >= 4 is 23.2 Å². The molecule has 0 fully saturated rings. The first kappa shape index (κ1) is 14.9. The lowest BCUT2D eigenvalue weighted by Gasteiger charge is -2.18. The monoisotopic (exact) mass is 312 g/mol. The Balaban J connectivity index is 1.59. The fraction of sp³-hybridized carbons (Fsp3) is 0.176. The van der Waals surface area contributed by atoms with E-state index >= 15 is 0 Å². The highest BCUT2D eigenvalue weighted by Crippen LogP contribution is 2.30. The zero-order chi connectivity index (χ0) is 16.2. The van der Waals surface area contributed by atoms with Crippen LogP contribution in [-0.2, 0) is 9.59 Å². The second-order valence-corrected chi connectivity index (χ2v) is 5.20. The van der Waals surface area contributed by atoms with Crippen LogP contribution in [0.5, 0.6) is 11.5 Å². The molecular formula is C17H16N2O4. The van der Waals surface area contributed by atoms with Gasteiger partial charge in [-0.3, -0.25) is 9.59 Å². The number of benzene rings is 2. The predicted molar refractivity (Wildman–Crippen MR) is 85.9 cm³/mol. The van der Waals surface area contributed by atoms with Gasteiger partial charge in [0, 0.05) is 5.69 Å². The lowest BCUT2D eigenvalue weighted by molar-refractivity contribution is -0.119. The van der Waals surface area contributed by atoms with Gasteiger partial charge in [-0.25, -0.2) is 0 Å². The molecule has 1 aliphatic heterocycles. The third kappa shape index (κ3) is 3.79. The van der Waals surface area contributed by atoms with Crippen LogP contribution in [0.25, 0.3) is 0 Å². The molecule has 6 nitrogen and oxygen atoms in total. The Hall–Kier alpha value is -3.02. The molecular weight excluding hydrogens is 296 g/mol. The van der Waals surface area contributed by atoms with Crippen LogP contribution in [0.2, 0.25) is 0 Å². The van der Waals surface area contributed by atoms with Crippen molar-refractivity contribution in [3.05, 3.63) is 48.0 Å². The van der Waals surface area contributed by atoms with Gasteiger partial charge < -0.3 is 20.1 Å². The number of fused-ring (bicyclic) bond motifs is 1. The van der Waals surface area contributed by atoms with E-state index in [-0.39, 0.29) is 25.0 Å². The fourth-order valence-corrected chi connectivity index (χ4v) is 2.21. The van der Waals surface area contributed by atoms with Crippen molar-refractivity contribution in [2.75, 3.05) is 23.8 Å². The van der Waals surface area contributed by atoms with Crippen LogP contribution in [0.4, 0.5) is 11.4 Å². The van der Waals surface area contributed by atoms with Crippen LogP contribution >= 0.6 is 0 Å². The summed E-state index contributed by atoms with van der Waals surface area (Å²) in [5, 5.41) is 5.41. The van der Waals surface area contributed by atoms with Crippen molar-refractivity contribution in [3.8, 4) is 11.5 Å². The molecule has 1 aliphatic rings. The summed E-state index contributed by atoms with van der Waals surface area (Å²) in [6.45, 7) is 1.86. The fourth-order valence-electron chi connectivity index (χ4n) is 2.21. The Morgan fingerprint density at radius 3 is 3.00 bits per heavy atom. The highest BCUT2D eigenvalue weighted by atomic mass is 16.5. The van der Waals surface area contributed by atoms with Crippen LogP contribution in [0.15, 0.2) is 42.5 Å². The molecule has 0 aromatic heterocycles. The van der Waals surface area contributed by atoms with E-state index < -0.39 is 0 Å². The second-order valence-electron chi connectivity index (χ2n) is 5.20. The zero-order valence-electron chi connectivity index (χ0n) is 12.6. The van der Waals surface area contributed by atoms with E-state index in [4.69, 9.17) is 9.47 Å². The Labute approximate surface area is 133 Å². The summed E-state index contributed by atoms with van der Waals surface area (Å²) in [7, 11) is 0. The Morgan fingerprint density at radius 2 is 2.17 bits per heavy atom. The van der Waals surface area contributed by atoms with Gasteiger partial charge in [0.25, 0.3) is 11.8 Å². The molecule has 0 bridgehead atoms. The lowest BCUT2D eigenvalue weighted by Crippen LogP contribution is -2.25. The van der Waals surface area contributed by atoms with Gasteiger partial charge in [0.1, 0.15) is 11.5 Å². The van der Waals surface area contributed by atoms with Gasteiger partial charge in [0.2, 0.25) is 0 Å². The normalized spacial score (nSPS) is 12.7. The molecule has 0 atom stereocenters. The molecule has 23 heavy (non-hydrogen) atoms. The SMILES string of the molecule is Cc1cccc(OCC(=O)Nc2ccc3c(c2)NC(=O)CO3)c1. The average molecular weight is 312 g/mol. The standard InChI is InChI=1S/C17H16N2O4/c1-11-3-2-4-13(7-11)22-9-16(20)18-12-5-6-15-14(8-12)19-17(21)10-23-15/h2-8H,9-10H2,1H3,(H,18,20)(H,19,21). The molecule has 2 aromatic carbocycles. The van der Waals surface area contributed by atoms with Gasteiger partial charge >= 0.3 is 0 Å². The molecule has 118 valence electrons. The maximum absolute atomic E-state index is 11.9. The lowest BCUT2D eigenvalue weighted by atomic mass is 10.2. The van der Waals surface area contributed by atoms with Crippen LogP contribution < -0.4 is 20.1 Å². The number of hydrogen-bond acceptors (Lipinski definition) is 4. The average Bonchev–Trinajstić information content (AvgIpc) is 2.53. The molecule has 6 heteroatoms. The van der Waals surface area contributed by atoms with Crippen LogP contribution in [0.3, 0.4) is 0 Å². The van der Waals surface area contributed by atoms with Gasteiger partial charge in [0.05, 0.1) is 5.69 Å². The van der Waals surface area contributed by atoms with Crippen molar-refractivity contribution in [2.45, 2.75) is 6.92 Å². The molecule has 0 saturated carbocycles. The molecule has 0 spiro atoms. The van der Waals surface area contributed by atoms with Gasteiger partial charge in [0.15, 0.2) is 13.2 Å². The summed E-state index contributed by atoms with van der Waals surface area (Å²) in [4.78, 5) is 23.3. The van der Waals surface area contributed by atoms with E-state index in [2.05, 4.69) is 10.6 Å². The van der Waals surface area contributed by atoms with Crippen molar-refractivity contribution in [2.24, 2.45) is 0 Å². The van der Waals surface area contributed by atoms with Crippen molar-refractivity contribution in [3.63, 3.8) is 0 Å². The third-order valence-electron chi connectivity index (χ3n) is 3.26. The summed E-state index contributed by atoms with van der Waals surface area (Å²) in [6.07, 6.45) is 0. The quantitative estimate of drug-likeness (QED) is 0.908. The van der Waals surface area contributed by atoms with Gasteiger partial charge in [-0.15, -0.1) is 0 Å². The number of aryl methyl sites for hydroxylation is 1. The molecule has 2 amide bonds. The highest BCUT2D eigenvalue weighted by Gasteiger charge is 2.16. The van der Waals surface area contributed by atoms with Gasteiger partial charge in [-0.05, 0) is 42.8 Å². The van der Waals surface area contributed by atoms with E-state index in [0.29, 0.717) is 22.9 Å². The number of amides is 2. The number of carbonyl (C=O) groups excluding carboxylic acids is 2. The van der Waals surface area contributed by atoms with E-state index in [1.165, 1.54) is 0 Å². The minimum Gasteiger partial charge on any atom is -0.484 e. The Bertz CT molecular complexity index is 758. The summed E-state index contributed by atoms with van der Waals surface area (Å²) in [6, 6.07) is 12.5. The minimum absolute atomic E-state index is 0.00301. The number of anilines is 2. The Kier molecular flexibility index (Phi) is 4.14. The number of hydrogen-bond donors (Lipinski definition) is 2. The Morgan fingerprint density at radius 1 is 1.30 bits per heavy atom. The summed E-state index contributed by atoms with van der Waals surface area (Å²) < 4.78 is 10.7. The van der Waals surface area contributed by atoms with Gasteiger partial charge in [-0.1, -0.05) is 12.1 Å². The van der Waals surface area contributed by atoms with Gasteiger partial charge in [-0.2, -0.15) is 0 Å². The maximum atomic E-state index is 11.9. The molecule has 3 rings (SSSR count). The van der Waals surface area contributed by atoms with E-state index in [1.54, 1.807) is 24.3 Å². The zero-order valence-corrected chi connectivity index (χ0v) is 12.6. The molecule has 0 unspecified atom stereocenters. The van der Waals surface area contributed by atoms with E-state index in [0.717, 1.165) is 5.56 Å². The molecule has 2 N–H and O–H groups in total. The summed E-state index contributed by atoms with van der Waals surface area (Å²) >= 11 is 0.